The highest BCUT2D eigenvalue weighted by molar-refractivity contribution is 6.00. The van der Waals surface area contributed by atoms with Gasteiger partial charge in [-0.3, -0.25) is 9.59 Å². The first-order chi connectivity index (χ1) is 15.9. The minimum absolute atomic E-state index is 0.0197. The van der Waals surface area contributed by atoms with Crippen molar-refractivity contribution in [2.75, 3.05) is 26.1 Å². The van der Waals surface area contributed by atoms with Crippen molar-refractivity contribution in [1.82, 2.24) is 9.78 Å². The lowest BCUT2D eigenvalue weighted by molar-refractivity contribution is -0.115. The average Bonchev–Trinajstić information content (AvgIpc) is 2.79. The number of amides is 1. The number of rotatable bonds is 8. The Labute approximate surface area is 190 Å². The zero-order chi connectivity index (χ0) is 24.0. The number of hydrogen-bond donors (Lipinski definition) is 1. The highest BCUT2D eigenvalue weighted by Gasteiger charge is 2.21. The Balaban J connectivity index is 1.94. The third kappa shape index (κ3) is 5.38. The molecule has 0 fully saturated rings. The number of para-hydroxylation sites is 1. The minimum atomic E-state index is -0.749. The van der Waals surface area contributed by atoms with Gasteiger partial charge in [0.2, 0.25) is 5.91 Å². The predicted octanol–water partition coefficient (Wildman–Crippen LogP) is 2.92. The van der Waals surface area contributed by atoms with Gasteiger partial charge >= 0.3 is 5.97 Å². The van der Waals surface area contributed by atoms with Crippen LogP contribution in [0.3, 0.4) is 0 Å². The van der Waals surface area contributed by atoms with Crippen LogP contribution < -0.4 is 20.3 Å². The van der Waals surface area contributed by atoms with E-state index in [1.165, 1.54) is 14.2 Å². The number of hydrogen-bond acceptors (Lipinski definition) is 7. The Hall–Kier alpha value is -4.14. The Kier molecular flexibility index (Phi) is 7.45. The van der Waals surface area contributed by atoms with Crippen molar-refractivity contribution in [3.8, 4) is 17.2 Å². The van der Waals surface area contributed by atoms with E-state index in [1.54, 1.807) is 37.3 Å². The van der Waals surface area contributed by atoms with Crippen molar-refractivity contribution in [2.24, 2.45) is 0 Å². The summed E-state index contributed by atoms with van der Waals surface area (Å²) >= 11 is 0. The molecule has 172 valence electrons. The molecule has 0 spiro atoms. The molecule has 0 aliphatic rings. The van der Waals surface area contributed by atoms with Gasteiger partial charge < -0.3 is 19.5 Å². The molecule has 9 heteroatoms. The van der Waals surface area contributed by atoms with Crippen molar-refractivity contribution in [1.29, 1.82) is 0 Å². The highest BCUT2D eigenvalue weighted by Crippen LogP contribution is 2.28. The molecule has 0 saturated heterocycles. The molecule has 0 radical (unpaired) electrons. The fraction of sp³-hybridized carbons (Fsp3) is 0.250. The third-order valence-electron chi connectivity index (χ3n) is 4.83. The van der Waals surface area contributed by atoms with Crippen LogP contribution in [0.1, 0.15) is 28.5 Å². The van der Waals surface area contributed by atoms with Crippen molar-refractivity contribution in [3.63, 3.8) is 0 Å². The fourth-order valence-corrected chi connectivity index (χ4v) is 3.25. The first kappa shape index (κ1) is 23.5. The maximum Gasteiger partial charge on any atom is 0.360 e. The molecular weight excluding hydrogens is 426 g/mol. The van der Waals surface area contributed by atoms with Gasteiger partial charge in [0.1, 0.15) is 0 Å². The molecule has 0 bridgehead atoms. The number of methoxy groups -OCH3 is 2. The molecule has 9 nitrogen and oxygen atoms in total. The van der Waals surface area contributed by atoms with Crippen molar-refractivity contribution >= 4 is 17.6 Å². The number of aryl methyl sites for hydroxylation is 1. The molecule has 1 N–H and O–H groups in total. The van der Waals surface area contributed by atoms with Crippen LogP contribution in [0.5, 0.6) is 11.5 Å². The van der Waals surface area contributed by atoms with Gasteiger partial charge in [-0.05, 0) is 43.2 Å². The first-order valence-electron chi connectivity index (χ1n) is 10.3. The maximum absolute atomic E-state index is 12.8. The number of anilines is 1. The number of benzene rings is 2. The van der Waals surface area contributed by atoms with Gasteiger partial charge in [0.15, 0.2) is 17.2 Å². The van der Waals surface area contributed by atoms with Crippen LogP contribution in [0.2, 0.25) is 0 Å². The van der Waals surface area contributed by atoms with E-state index in [2.05, 4.69) is 10.4 Å². The third-order valence-corrected chi connectivity index (χ3v) is 4.83. The van der Waals surface area contributed by atoms with Crippen LogP contribution >= 0.6 is 0 Å². The largest absolute Gasteiger partial charge is 0.493 e. The number of esters is 1. The summed E-state index contributed by atoms with van der Waals surface area (Å²) in [5.74, 6) is -0.170. The van der Waals surface area contributed by atoms with E-state index < -0.39 is 17.4 Å². The summed E-state index contributed by atoms with van der Waals surface area (Å²) in [4.78, 5) is 38.1. The van der Waals surface area contributed by atoms with E-state index >= 15 is 0 Å². The zero-order valence-corrected chi connectivity index (χ0v) is 18.9. The predicted molar refractivity (Wildman–Crippen MR) is 122 cm³/mol. The second-order valence-corrected chi connectivity index (χ2v) is 7.08. The molecule has 1 amide bonds. The SMILES string of the molecule is CCOC(=O)c1nn(-c2ccccc2C)c(=O)cc1NC(=O)Cc1ccc(OC)c(OC)c1. The van der Waals surface area contributed by atoms with E-state index in [-0.39, 0.29) is 24.4 Å². The van der Waals surface area contributed by atoms with Crippen molar-refractivity contribution < 1.29 is 23.8 Å². The fourth-order valence-electron chi connectivity index (χ4n) is 3.25. The Morgan fingerprint density at radius 1 is 1.03 bits per heavy atom. The zero-order valence-electron chi connectivity index (χ0n) is 18.9. The smallest absolute Gasteiger partial charge is 0.360 e. The number of carbonyl (C=O) groups excluding carboxylic acids is 2. The first-order valence-corrected chi connectivity index (χ1v) is 10.3. The average molecular weight is 451 g/mol. The van der Waals surface area contributed by atoms with E-state index in [9.17, 15) is 14.4 Å². The summed E-state index contributed by atoms with van der Waals surface area (Å²) in [5, 5.41) is 6.82. The topological polar surface area (TPSA) is 109 Å². The van der Waals surface area contributed by atoms with Gasteiger partial charge in [-0.1, -0.05) is 24.3 Å². The second-order valence-electron chi connectivity index (χ2n) is 7.08. The molecule has 2 aromatic carbocycles. The van der Waals surface area contributed by atoms with Crippen LogP contribution in [0, 0.1) is 6.92 Å². The molecule has 3 rings (SSSR count). The molecule has 0 saturated carbocycles. The summed E-state index contributed by atoms with van der Waals surface area (Å²) in [5.41, 5.74) is 1.29. The number of ether oxygens (including phenoxy) is 3. The molecule has 0 aliphatic heterocycles. The number of nitrogens with one attached hydrogen (secondary N) is 1. The minimum Gasteiger partial charge on any atom is -0.493 e. The molecule has 3 aromatic rings. The van der Waals surface area contributed by atoms with Crippen LogP contribution in [-0.2, 0) is 16.0 Å². The summed E-state index contributed by atoms with van der Waals surface area (Å²) in [6.07, 6.45) is -0.0243. The van der Waals surface area contributed by atoms with Crippen LogP contribution in [0.15, 0.2) is 53.3 Å². The molecule has 1 heterocycles. The van der Waals surface area contributed by atoms with Gasteiger partial charge in [-0.25, -0.2) is 4.79 Å². The lowest BCUT2D eigenvalue weighted by atomic mass is 10.1. The van der Waals surface area contributed by atoms with E-state index in [1.807, 2.05) is 19.1 Å². The quantitative estimate of drug-likeness (QED) is 0.525. The second kappa shape index (κ2) is 10.4. The number of carbonyl (C=O) groups is 2. The standard InChI is InChI=1S/C24H25N3O6/c1-5-33-24(30)23-17(14-22(29)27(26-23)18-9-7-6-8-15(18)2)25-21(28)13-16-10-11-19(31-3)20(12-16)32-4/h6-12,14H,5,13H2,1-4H3,(H,25,28). The summed E-state index contributed by atoms with van der Waals surface area (Å²) < 4.78 is 16.7. The summed E-state index contributed by atoms with van der Waals surface area (Å²) in [7, 11) is 3.02. The van der Waals surface area contributed by atoms with Gasteiger partial charge in [-0.2, -0.15) is 9.78 Å². The van der Waals surface area contributed by atoms with E-state index in [4.69, 9.17) is 14.2 Å². The van der Waals surface area contributed by atoms with E-state index in [0.717, 1.165) is 16.3 Å². The Morgan fingerprint density at radius 3 is 2.42 bits per heavy atom. The Bertz CT molecular complexity index is 1240. The normalized spacial score (nSPS) is 10.4. The molecular formula is C24H25N3O6. The van der Waals surface area contributed by atoms with Crippen LogP contribution in [0.25, 0.3) is 5.69 Å². The Morgan fingerprint density at radius 2 is 1.76 bits per heavy atom. The molecule has 0 atom stereocenters. The van der Waals surface area contributed by atoms with Crippen molar-refractivity contribution in [3.05, 3.63) is 75.7 Å². The number of aromatic nitrogens is 2. The van der Waals surface area contributed by atoms with Gasteiger partial charge in [-0.15, -0.1) is 0 Å². The number of nitrogens with zero attached hydrogens (tertiary/aromatic N) is 2. The highest BCUT2D eigenvalue weighted by atomic mass is 16.5. The van der Waals surface area contributed by atoms with Gasteiger partial charge in [0.05, 0.1) is 38.6 Å². The van der Waals surface area contributed by atoms with Crippen molar-refractivity contribution in [2.45, 2.75) is 20.3 Å². The van der Waals surface area contributed by atoms with Gasteiger partial charge in [0.25, 0.3) is 5.56 Å². The lowest BCUT2D eigenvalue weighted by Crippen LogP contribution is -2.28. The van der Waals surface area contributed by atoms with Crippen LogP contribution in [0.4, 0.5) is 5.69 Å². The summed E-state index contributed by atoms with van der Waals surface area (Å²) in [6.45, 7) is 3.60. The van der Waals surface area contributed by atoms with E-state index in [0.29, 0.717) is 22.7 Å². The maximum atomic E-state index is 12.8. The van der Waals surface area contributed by atoms with Crippen LogP contribution in [-0.4, -0.2) is 42.5 Å². The summed E-state index contributed by atoms with van der Waals surface area (Å²) in [6, 6.07) is 13.4. The monoisotopic (exact) mass is 451 g/mol. The lowest BCUT2D eigenvalue weighted by Gasteiger charge is -2.14. The van der Waals surface area contributed by atoms with Gasteiger partial charge in [0, 0.05) is 6.07 Å². The molecule has 0 aliphatic carbocycles. The molecule has 1 aromatic heterocycles. The molecule has 33 heavy (non-hydrogen) atoms. The molecule has 0 unspecified atom stereocenters.